The molecule has 1 atom stereocenters. The van der Waals surface area contributed by atoms with Gasteiger partial charge in [0.15, 0.2) is 6.10 Å². The number of nitro benzene ring substituents is 1. The van der Waals surface area contributed by atoms with Crippen molar-refractivity contribution in [3.8, 4) is 0 Å². The summed E-state index contributed by atoms with van der Waals surface area (Å²) in [6.07, 6.45) is 2.80. The van der Waals surface area contributed by atoms with Gasteiger partial charge >= 0.3 is 11.9 Å². The molecule has 0 aliphatic heterocycles. The monoisotopic (exact) mass is 364 g/mol. The molecule has 0 aromatic heterocycles. The third-order valence-electron chi connectivity index (χ3n) is 4.14. The van der Waals surface area contributed by atoms with E-state index in [1.807, 2.05) is 0 Å². The number of nitrogens with zero attached hydrogens (tertiary/aromatic N) is 1. The fourth-order valence-corrected chi connectivity index (χ4v) is 2.74. The Bertz CT molecular complexity index is 726. The Morgan fingerprint density at radius 1 is 1.15 bits per heavy atom. The molecule has 1 N–H and O–H groups in total. The average Bonchev–Trinajstić information content (AvgIpc) is 3.13. The molecular weight excluding hydrogens is 344 g/mol. The van der Waals surface area contributed by atoms with Crippen molar-refractivity contribution in [2.24, 2.45) is 0 Å². The molecule has 1 aliphatic carbocycles. The van der Waals surface area contributed by atoms with Crippen molar-refractivity contribution >= 4 is 23.5 Å². The smallest absolute Gasteiger partial charge is 0.339 e. The highest BCUT2D eigenvalue weighted by Crippen LogP contribution is 2.20. The Morgan fingerprint density at radius 2 is 1.73 bits per heavy atom. The summed E-state index contributed by atoms with van der Waals surface area (Å²) in [5.74, 6) is -2.19. The van der Waals surface area contributed by atoms with Gasteiger partial charge in [-0.3, -0.25) is 14.9 Å². The third kappa shape index (κ3) is 4.78. The second kappa shape index (κ2) is 8.41. The minimum atomic E-state index is -1.07. The minimum Gasteiger partial charge on any atom is -0.465 e. The molecule has 26 heavy (non-hydrogen) atoms. The molecule has 1 fully saturated rings. The van der Waals surface area contributed by atoms with E-state index >= 15 is 0 Å². The number of ether oxygens (including phenoxy) is 2. The summed E-state index contributed by atoms with van der Waals surface area (Å²) in [4.78, 5) is 46.2. The number of esters is 2. The van der Waals surface area contributed by atoms with Crippen LogP contribution in [-0.2, 0) is 14.3 Å². The Hall–Kier alpha value is -2.97. The highest BCUT2D eigenvalue weighted by molar-refractivity contribution is 5.97. The predicted octanol–water partition coefficient (Wildman–Crippen LogP) is 1.99. The van der Waals surface area contributed by atoms with Crippen molar-refractivity contribution in [1.29, 1.82) is 0 Å². The van der Waals surface area contributed by atoms with Gasteiger partial charge in [-0.15, -0.1) is 0 Å². The molecule has 0 saturated heterocycles. The molecule has 2 rings (SSSR count). The summed E-state index contributed by atoms with van der Waals surface area (Å²) >= 11 is 0. The summed E-state index contributed by atoms with van der Waals surface area (Å²) in [6, 6.07) is 3.19. The van der Waals surface area contributed by atoms with E-state index in [1.165, 1.54) is 6.92 Å². The van der Waals surface area contributed by atoms with E-state index in [1.54, 1.807) is 0 Å². The second-order valence-electron chi connectivity index (χ2n) is 6.05. The van der Waals surface area contributed by atoms with Gasteiger partial charge in [0.1, 0.15) is 0 Å². The second-order valence-corrected chi connectivity index (χ2v) is 6.05. The molecule has 9 nitrogen and oxygen atoms in total. The van der Waals surface area contributed by atoms with Gasteiger partial charge in [0.05, 0.1) is 23.2 Å². The van der Waals surface area contributed by atoms with E-state index in [4.69, 9.17) is 4.74 Å². The number of methoxy groups -OCH3 is 1. The molecule has 140 valence electrons. The van der Waals surface area contributed by atoms with Gasteiger partial charge in [-0.25, -0.2) is 9.59 Å². The van der Waals surface area contributed by atoms with E-state index in [9.17, 15) is 24.5 Å². The van der Waals surface area contributed by atoms with Crippen LogP contribution in [0.15, 0.2) is 18.2 Å². The van der Waals surface area contributed by atoms with Crippen LogP contribution in [-0.4, -0.2) is 42.0 Å². The molecule has 1 unspecified atom stereocenters. The standard InChI is InChI=1S/C17H20N2O7/c1-10(15(20)18-13-5-3-4-6-13)26-17(22)12-7-11(16(21)25-2)8-14(9-12)19(23)24/h7-10,13H,3-6H2,1-2H3,(H,18,20). The maximum absolute atomic E-state index is 12.3. The van der Waals surface area contributed by atoms with Gasteiger partial charge in [-0.1, -0.05) is 12.8 Å². The van der Waals surface area contributed by atoms with Gasteiger partial charge in [0.2, 0.25) is 0 Å². The Morgan fingerprint density at radius 3 is 2.27 bits per heavy atom. The van der Waals surface area contributed by atoms with Gasteiger partial charge in [0, 0.05) is 18.2 Å². The number of rotatable bonds is 6. The summed E-state index contributed by atoms with van der Waals surface area (Å²) in [6.45, 7) is 1.42. The van der Waals surface area contributed by atoms with Gasteiger partial charge in [-0.05, 0) is 25.8 Å². The zero-order valence-electron chi connectivity index (χ0n) is 14.5. The highest BCUT2D eigenvalue weighted by Gasteiger charge is 2.25. The van der Waals surface area contributed by atoms with Gasteiger partial charge < -0.3 is 14.8 Å². The average molecular weight is 364 g/mol. The van der Waals surface area contributed by atoms with Crippen LogP contribution in [0.3, 0.4) is 0 Å². The minimum absolute atomic E-state index is 0.0763. The molecule has 0 bridgehead atoms. The highest BCUT2D eigenvalue weighted by atomic mass is 16.6. The number of nitro groups is 1. The first-order valence-electron chi connectivity index (χ1n) is 8.21. The number of benzene rings is 1. The lowest BCUT2D eigenvalue weighted by Gasteiger charge is -2.17. The third-order valence-corrected chi connectivity index (χ3v) is 4.14. The van der Waals surface area contributed by atoms with Crippen LogP contribution >= 0.6 is 0 Å². The number of carbonyl (C=O) groups excluding carboxylic acids is 3. The van der Waals surface area contributed by atoms with E-state index < -0.39 is 34.6 Å². The number of hydrogen-bond acceptors (Lipinski definition) is 7. The topological polar surface area (TPSA) is 125 Å². The first-order chi connectivity index (χ1) is 12.3. The first kappa shape index (κ1) is 19.4. The Balaban J connectivity index is 2.12. The largest absolute Gasteiger partial charge is 0.465 e. The molecule has 0 radical (unpaired) electrons. The van der Waals surface area contributed by atoms with Crippen molar-refractivity contribution < 1.29 is 28.8 Å². The van der Waals surface area contributed by atoms with Gasteiger partial charge in [0.25, 0.3) is 11.6 Å². The van der Waals surface area contributed by atoms with Crippen LogP contribution in [0.1, 0.15) is 53.3 Å². The zero-order valence-corrected chi connectivity index (χ0v) is 14.5. The Labute approximate surface area is 149 Å². The molecule has 1 aromatic rings. The van der Waals surface area contributed by atoms with Gasteiger partial charge in [-0.2, -0.15) is 0 Å². The summed E-state index contributed by atoms with van der Waals surface area (Å²) in [5, 5.41) is 13.8. The van der Waals surface area contributed by atoms with Crippen LogP contribution in [0.25, 0.3) is 0 Å². The van der Waals surface area contributed by atoms with Crippen molar-refractivity contribution in [3.63, 3.8) is 0 Å². The quantitative estimate of drug-likeness (QED) is 0.465. The molecular formula is C17H20N2O7. The normalized spacial score (nSPS) is 15.2. The molecule has 1 aliphatic rings. The number of hydrogen-bond donors (Lipinski definition) is 1. The maximum Gasteiger partial charge on any atom is 0.339 e. The lowest BCUT2D eigenvalue weighted by atomic mass is 10.1. The SMILES string of the molecule is COC(=O)c1cc(C(=O)OC(C)C(=O)NC2CCCC2)cc([N+](=O)[O-])c1. The number of nitrogens with one attached hydrogen (secondary N) is 1. The summed E-state index contributed by atoms with van der Waals surface area (Å²) < 4.78 is 9.61. The van der Waals surface area contributed by atoms with E-state index in [0.717, 1.165) is 51.0 Å². The molecule has 1 saturated carbocycles. The fraction of sp³-hybridized carbons (Fsp3) is 0.471. The first-order valence-corrected chi connectivity index (χ1v) is 8.21. The van der Waals surface area contributed by atoms with Crippen molar-refractivity contribution in [2.75, 3.05) is 7.11 Å². The lowest BCUT2D eigenvalue weighted by Crippen LogP contribution is -2.40. The van der Waals surface area contributed by atoms with Crippen LogP contribution in [0.4, 0.5) is 5.69 Å². The van der Waals surface area contributed by atoms with E-state index in [-0.39, 0.29) is 17.2 Å². The fourth-order valence-electron chi connectivity index (χ4n) is 2.74. The molecule has 9 heteroatoms. The molecule has 1 aromatic carbocycles. The number of carbonyl (C=O) groups is 3. The van der Waals surface area contributed by atoms with Crippen LogP contribution in [0.5, 0.6) is 0 Å². The predicted molar refractivity (Wildman–Crippen MR) is 89.7 cm³/mol. The van der Waals surface area contributed by atoms with Crippen LogP contribution in [0.2, 0.25) is 0 Å². The zero-order chi connectivity index (χ0) is 19.3. The Kier molecular flexibility index (Phi) is 6.26. The molecule has 0 heterocycles. The number of non-ortho nitro benzene ring substituents is 1. The van der Waals surface area contributed by atoms with Crippen molar-refractivity contribution in [1.82, 2.24) is 5.32 Å². The number of amides is 1. The lowest BCUT2D eigenvalue weighted by molar-refractivity contribution is -0.384. The summed E-state index contributed by atoms with van der Waals surface area (Å²) in [7, 11) is 1.12. The van der Waals surface area contributed by atoms with E-state index in [2.05, 4.69) is 10.1 Å². The molecule has 0 spiro atoms. The summed E-state index contributed by atoms with van der Waals surface area (Å²) in [5.41, 5.74) is -0.820. The van der Waals surface area contributed by atoms with Crippen LogP contribution in [0, 0.1) is 10.1 Å². The van der Waals surface area contributed by atoms with Crippen LogP contribution < -0.4 is 5.32 Å². The van der Waals surface area contributed by atoms with Crippen molar-refractivity contribution in [2.45, 2.75) is 44.8 Å². The van der Waals surface area contributed by atoms with Crippen molar-refractivity contribution in [3.05, 3.63) is 39.4 Å². The molecule has 1 amide bonds. The van der Waals surface area contributed by atoms with E-state index in [0.29, 0.717) is 0 Å². The maximum atomic E-state index is 12.3.